The Hall–Kier alpha value is -2.15. The quantitative estimate of drug-likeness (QED) is 0.788. The molecule has 0 heterocycles. The zero-order valence-corrected chi connectivity index (χ0v) is 12.0. The summed E-state index contributed by atoms with van der Waals surface area (Å²) in [6.07, 6.45) is -2.49. The molecule has 0 spiro atoms. The number of alkyl carbamates (subject to hydrolysis) is 1. The second-order valence-electron chi connectivity index (χ2n) is 5.46. The van der Waals surface area contributed by atoms with Crippen LogP contribution in [0.5, 0.6) is 0 Å². The molecule has 0 saturated carbocycles. The lowest BCUT2D eigenvalue weighted by atomic mass is 10.0. The van der Waals surface area contributed by atoms with E-state index in [2.05, 4.69) is 5.32 Å². The van der Waals surface area contributed by atoms with Crippen LogP contribution in [0.25, 0.3) is 0 Å². The van der Waals surface area contributed by atoms with E-state index in [1.54, 1.807) is 20.8 Å². The number of halogens is 1. The maximum absolute atomic E-state index is 12.8. The fourth-order valence-electron chi connectivity index (χ4n) is 1.56. The van der Waals surface area contributed by atoms with Crippen LogP contribution in [0.1, 0.15) is 32.4 Å². The van der Waals surface area contributed by atoms with Gasteiger partial charge >= 0.3 is 12.1 Å². The standard InChI is InChI=1S/C14H18FNO5/c1-14(2,3)21-13(20)16-10(12(18)19)11(17)8-4-6-9(15)7-5-8/h4-7,10-11,17H,1-3H3,(H,16,20)(H,18,19). The summed E-state index contributed by atoms with van der Waals surface area (Å²) in [5.74, 6) is -1.95. The monoisotopic (exact) mass is 299 g/mol. The van der Waals surface area contributed by atoms with E-state index < -0.39 is 35.6 Å². The number of rotatable bonds is 4. The van der Waals surface area contributed by atoms with Crippen molar-refractivity contribution < 1.29 is 28.9 Å². The van der Waals surface area contributed by atoms with Crippen molar-refractivity contribution in [3.05, 3.63) is 35.6 Å². The van der Waals surface area contributed by atoms with Gasteiger partial charge in [0.05, 0.1) is 0 Å². The van der Waals surface area contributed by atoms with Crippen molar-refractivity contribution >= 4 is 12.1 Å². The van der Waals surface area contributed by atoms with Gasteiger partial charge < -0.3 is 20.3 Å². The van der Waals surface area contributed by atoms with Gasteiger partial charge in [-0.2, -0.15) is 0 Å². The fraction of sp³-hybridized carbons (Fsp3) is 0.429. The van der Waals surface area contributed by atoms with Crippen LogP contribution in [0, 0.1) is 5.82 Å². The van der Waals surface area contributed by atoms with Crippen LogP contribution in [-0.2, 0) is 9.53 Å². The van der Waals surface area contributed by atoms with Gasteiger partial charge in [-0.15, -0.1) is 0 Å². The minimum Gasteiger partial charge on any atom is -0.480 e. The number of benzene rings is 1. The van der Waals surface area contributed by atoms with Gasteiger partial charge in [0, 0.05) is 0 Å². The summed E-state index contributed by atoms with van der Waals surface area (Å²) in [7, 11) is 0. The Morgan fingerprint density at radius 3 is 2.19 bits per heavy atom. The molecule has 7 heteroatoms. The first-order valence-electron chi connectivity index (χ1n) is 6.26. The number of nitrogens with one attached hydrogen (secondary N) is 1. The smallest absolute Gasteiger partial charge is 0.408 e. The van der Waals surface area contributed by atoms with Gasteiger partial charge in [-0.1, -0.05) is 12.1 Å². The van der Waals surface area contributed by atoms with Crippen LogP contribution in [0.3, 0.4) is 0 Å². The molecule has 3 N–H and O–H groups in total. The summed E-state index contributed by atoms with van der Waals surface area (Å²) in [5.41, 5.74) is -0.631. The molecule has 0 fully saturated rings. The number of carbonyl (C=O) groups excluding carboxylic acids is 1. The Balaban J connectivity index is 2.84. The Kier molecular flexibility index (Phi) is 5.26. The molecule has 2 unspecified atom stereocenters. The van der Waals surface area contributed by atoms with Crippen LogP contribution in [0.15, 0.2) is 24.3 Å². The highest BCUT2D eigenvalue weighted by Crippen LogP contribution is 2.18. The molecule has 0 radical (unpaired) electrons. The summed E-state index contributed by atoms with van der Waals surface area (Å²) in [6, 6.07) is 3.06. The first kappa shape index (κ1) is 16.9. The van der Waals surface area contributed by atoms with Crippen molar-refractivity contribution in [2.24, 2.45) is 0 Å². The van der Waals surface area contributed by atoms with E-state index in [9.17, 15) is 19.1 Å². The van der Waals surface area contributed by atoms with Crippen LogP contribution >= 0.6 is 0 Å². The Morgan fingerprint density at radius 2 is 1.76 bits per heavy atom. The lowest BCUT2D eigenvalue weighted by molar-refractivity contribution is -0.142. The minimum atomic E-state index is -1.61. The highest BCUT2D eigenvalue weighted by Gasteiger charge is 2.31. The Morgan fingerprint density at radius 1 is 1.24 bits per heavy atom. The number of aliphatic hydroxyl groups is 1. The van der Waals surface area contributed by atoms with Crippen LogP contribution in [0.4, 0.5) is 9.18 Å². The summed E-state index contributed by atoms with van der Waals surface area (Å²) in [5, 5.41) is 21.2. The predicted octanol–water partition coefficient (Wildman–Crippen LogP) is 1.84. The summed E-state index contributed by atoms with van der Waals surface area (Å²) < 4.78 is 17.8. The summed E-state index contributed by atoms with van der Waals surface area (Å²) >= 11 is 0. The first-order valence-corrected chi connectivity index (χ1v) is 6.26. The molecular formula is C14H18FNO5. The van der Waals surface area contributed by atoms with Gasteiger partial charge in [0.1, 0.15) is 17.5 Å². The van der Waals surface area contributed by atoms with Gasteiger partial charge in [-0.05, 0) is 38.5 Å². The molecule has 0 bridgehead atoms. The van der Waals surface area contributed by atoms with Gasteiger partial charge in [-0.25, -0.2) is 14.0 Å². The topological polar surface area (TPSA) is 95.9 Å². The first-order chi connectivity index (χ1) is 9.60. The van der Waals surface area contributed by atoms with Crippen LogP contribution in [-0.4, -0.2) is 33.9 Å². The SMILES string of the molecule is CC(C)(C)OC(=O)NC(C(=O)O)C(O)c1ccc(F)cc1. The number of aliphatic carboxylic acids is 1. The predicted molar refractivity (Wildman–Crippen MR) is 72.2 cm³/mol. The highest BCUT2D eigenvalue weighted by atomic mass is 19.1. The van der Waals surface area contributed by atoms with Crippen molar-refractivity contribution in [2.75, 3.05) is 0 Å². The molecule has 21 heavy (non-hydrogen) atoms. The second kappa shape index (κ2) is 6.53. The van der Waals surface area contributed by atoms with Crippen LogP contribution < -0.4 is 5.32 Å². The van der Waals surface area contributed by atoms with Gasteiger partial charge in [0.25, 0.3) is 0 Å². The fourth-order valence-corrected chi connectivity index (χ4v) is 1.56. The van der Waals surface area contributed by atoms with Crippen molar-refractivity contribution in [3.8, 4) is 0 Å². The molecule has 6 nitrogen and oxygen atoms in total. The van der Waals surface area contributed by atoms with Crippen molar-refractivity contribution in [2.45, 2.75) is 38.5 Å². The molecule has 0 saturated heterocycles. The van der Waals surface area contributed by atoms with Gasteiger partial charge in [0.15, 0.2) is 6.04 Å². The molecule has 1 aromatic carbocycles. The summed E-state index contributed by atoms with van der Waals surface area (Å²) in [4.78, 5) is 22.8. The van der Waals surface area contributed by atoms with E-state index in [0.29, 0.717) is 0 Å². The van der Waals surface area contributed by atoms with E-state index in [1.165, 1.54) is 12.1 Å². The average Bonchev–Trinajstić information content (AvgIpc) is 2.33. The number of carbonyl (C=O) groups is 2. The Bertz CT molecular complexity index is 509. The van der Waals surface area contributed by atoms with Crippen LogP contribution in [0.2, 0.25) is 0 Å². The number of hydrogen-bond acceptors (Lipinski definition) is 4. The molecule has 0 aliphatic rings. The van der Waals surface area contributed by atoms with Gasteiger partial charge in [0.2, 0.25) is 0 Å². The lowest BCUT2D eigenvalue weighted by Gasteiger charge is -2.24. The lowest BCUT2D eigenvalue weighted by Crippen LogP contribution is -2.46. The molecule has 1 rings (SSSR count). The van der Waals surface area contributed by atoms with E-state index >= 15 is 0 Å². The third-order valence-corrected chi connectivity index (χ3v) is 2.47. The third-order valence-electron chi connectivity index (χ3n) is 2.47. The van der Waals surface area contributed by atoms with Crippen molar-refractivity contribution in [1.29, 1.82) is 0 Å². The normalized spacial score (nSPS) is 14.1. The Labute approximate surface area is 121 Å². The maximum atomic E-state index is 12.8. The molecule has 1 aromatic rings. The number of carboxylic acids is 1. The largest absolute Gasteiger partial charge is 0.480 e. The zero-order valence-electron chi connectivity index (χ0n) is 12.0. The van der Waals surface area contributed by atoms with Gasteiger partial charge in [-0.3, -0.25) is 0 Å². The maximum Gasteiger partial charge on any atom is 0.408 e. The van der Waals surface area contributed by atoms with Crippen molar-refractivity contribution in [1.82, 2.24) is 5.32 Å². The highest BCUT2D eigenvalue weighted by molar-refractivity contribution is 5.80. The number of aliphatic hydroxyl groups excluding tert-OH is 1. The van der Waals surface area contributed by atoms with E-state index in [4.69, 9.17) is 9.84 Å². The molecule has 116 valence electrons. The number of carboxylic acid groups (broad SMARTS) is 1. The third kappa shape index (κ3) is 5.39. The number of hydrogen-bond donors (Lipinski definition) is 3. The number of amides is 1. The molecular weight excluding hydrogens is 281 g/mol. The van der Waals surface area contributed by atoms with E-state index in [0.717, 1.165) is 12.1 Å². The van der Waals surface area contributed by atoms with E-state index in [-0.39, 0.29) is 5.56 Å². The second-order valence-corrected chi connectivity index (χ2v) is 5.46. The molecule has 0 aliphatic heterocycles. The molecule has 0 aliphatic carbocycles. The molecule has 1 amide bonds. The summed E-state index contributed by atoms with van der Waals surface area (Å²) in [6.45, 7) is 4.87. The molecule has 2 atom stereocenters. The number of ether oxygens (including phenoxy) is 1. The molecule has 0 aromatic heterocycles. The average molecular weight is 299 g/mol. The zero-order chi connectivity index (χ0) is 16.2. The van der Waals surface area contributed by atoms with E-state index in [1.807, 2.05) is 0 Å². The minimum absolute atomic E-state index is 0.167. The van der Waals surface area contributed by atoms with Crippen molar-refractivity contribution in [3.63, 3.8) is 0 Å².